The quantitative estimate of drug-likeness (QED) is 0.180. The molecule has 11 nitrogen and oxygen atoms in total. The summed E-state index contributed by atoms with van der Waals surface area (Å²) in [5.74, 6) is 0.487. The fourth-order valence-corrected chi connectivity index (χ4v) is 3.03. The molecule has 3 aromatic carbocycles. The molecule has 36 heavy (non-hydrogen) atoms. The normalized spacial score (nSPS) is 10.6. The van der Waals surface area contributed by atoms with Crippen LogP contribution in [0.25, 0.3) is 0 Å². The van der Waals surface area contributed by atoms with Crippen LogP contribution < -0.4 is 25.5 Å². The van der Waals surface area contributed by atoms with Gasteiger partial charge >= 0.3 is 5.97 Å². The molecule has 0 aliphatic carbocycles. The Kier molecular flexibility index (Phi) is 7.84. The Morgan fingerprint density at radius 3 is 2.00 bits per heavy atom. The van der Waals surface area contributed by atoms with E-state index >= 15 is 0 Å². The van der Waals surface area contributed by atoms with E-state index in [0.717, 1.165) is 11.4 Å². The summed E-state index contributed by atoms with van der Waals surface area (Å²) in [6.07, 6.45) is 1.54. The van der Waals surface area contributed by atoms with Crippen molar-refractivity contribution < 1.29 is 19.4 Å². The summed E-state index contributed by atoms with van der Waals surface area (Å²) in [5.41, 5.74) is 5.14. The van der Waals surface area contributed by atoms with Gasteiger partial charge in [0.05, 0.1) is 13.3 Å². The molecule has 11 heteroatoms. The van der Waals surface area contributed by atoms with Gasteiger partial charge in [-0.15, -0.1) is 0 Å². The summed E-state index contributed by atoms with van der Waals surface area (Å²) in [4.78, 5) is 24.0. The van der Waals surface area contributed by atoms with Gasteiger partial charge in [0.25, 0.3) is 0 Å². The molecule has 0 aliphatic heterocycles. The second-order valence-electron chi connectivity index (χ2n) is 7.25. The Morgan fingerprint density at radius 2 is 1.44 bits per heavy atom. The molecule has 0 amide bonds. The Morgan fingerprint density at radius 1 is 0.861 bits per heavy atom. The van der Waals surface area contributed by atoms with Crippen molar-refractivity contribution >= 4 is 41.4 Å². The van der Waals surface area contributed by atoms with Gasteiger partial charge in [-0.05, 0) is 48.0 Å². The minimum atomic E-state index is -1.08. The number of hydrogen-bond donors (Lipinski definition) is 4. The number of aliphatic carboxylic acids is 1. The number of hydrogen-bond acceptors (Lipinski definition) is 10. The Balaban J connectivity index is 1.52. The van der Waals surface area contributed by atoms with Gasteiger partial charge in [-0.2, -0.15) is 20.1 Å². The van der Waals surface area contributed by atoms with E-state index in [1.54, 1.807) is 24.4 Å². The lowest BCUT2D eigenvalue weighted by atomic mass is 10.2. The minimum Gasteiger partial charge on any atom is -0.493 e. The number of methoxy groups -OCH3 is 1. The molecule has 1 heterocycles. The first-order valence-corrected chi connectivity index (χ1v) is 10.8. The molecule has 0 fully saturated rings. The van der Waals surface area contributed by atoms with Crippen LogP contribution >= 0.6 is 0 Å². The number of benzene rings is 3. The minimum absolute atomic E-state index is 0.214. The van der Waals surface area contributed by atoms with Crippen LogP contribution in [0.4, 0.5) is 29.2 Å². The molecular weight excluding hydrogens is 462 g/mol. The summed E-state index contributed by atoms with van der Waals surface area (Å²) in [7, 11) is 1.47. The number of carboxylic acids is 1. The van der Waals surface area contributed by atoms with E-state index in [9.17, 15) is 4.79 Å². The van der Waals surface area contributed by atoms with E-state index < -0.39 is 12.6 Å². The van der Waals surface area contributed by atoms with Crippen molar-refractivity contribution in [2.24, 2.45) is 5.10 Å². The van der Waals surface area contributed by atoms with Crippen LogP contribution in [-0.2, 0) is 4.79 Å². The third-order valence-corrected chi connectivity index (χ3v) is 4.61. The fraction of sp³-hybridized carbons (Fsp3) is 0.0800. The molecule has 0 bridgehead atoms. The van der Waals surface area contributed by atoms with Gasteiger partial charge in [0.2, 0.25) is 17.8 Å². The number of carbonyl (C=O) groups is 1. The molecule has 0 saturated heterocycles. The maximum atomic E-state index is 10.7. The average molecular weight is 486 g/mol. The lowest BCUT2D eigenvalue weighted by molar-refractivity contribution is -0.139. The molecule has 0 radical (unpaired) electrons. The fourth-order valence-electron chi connectivity index (χ4n) is 3.03. The highest BCUT2D eigenvalue weighted by molar-refractivity contribution is 5.81. The molecule has 0 aliphatic rings. The maximum Gasteiger partial charge on any atom is 0.341 e. The van der Waals surface area contributed by atoms with Crippen molar-refractivity contribution in [1.29, 1.82) is 0 Å². The van der Waals surface area contributed by atoms with E-state index in [0.29, 0.717) is 29.0 Å². The standard InChI is InChI=1S/C25H23N7O4/c1-35-21-14-17(12-13-20(21)36-16-22(33)34)15-26-32-25-30-23(27-18-8-4-2-5-9-18)29-24(31-25)28-19-10-6-3-7-11-19/h2-15H,16H2,1H3,(H,33,34)(H3,27,28,29,30,31,32)/b26-15+. The number of nitrogens with zero attached hydrogens (tertiary/aromatic N) is 4. The molecule has 4 aromatic rings. The highest BCUT2D eigenvalue weighted by Crippen LogP contribution is 2.27. The molecule has 1 aromatic heterocycles. The molecule has 0 spiro atoms. The number of ether oxygens (including phenoxy) is 2. The Bertz CT molecular complexity index is 1280. The summed E-state index contributed by atoms with van der Waals surface area (Å²) in [6, 6.07) is 24.0. The van der Waals surface area contributed by atoms with E-state index in [1.165, 1.54) is 7.11 Å². The van der Waals surface area contributed by atoms with Crippen LogP contribution in [0.5, 0.6) is 11.5 Å². The van der Waals surface area contributed by atoms with Crippen LogP contribution in [-0.4, -0.2) is 46.0 Å². The number of rotatable bonds is 11. The van der Waals surface area contributed by atoms with Gasteiger partial charge in [0, 0.05) is 11.4 Å². The van der Waals surface area contributed by atoms with Gasteiger partial charge < -0.3 is 25.2 Å². The molecule has 4 N–H and O–H groups in total. The summed E-state index contributed by atoms with van der Waals surface area (Å²) < 4.78 is 10.5. The van der Waals surface area contributed by atoms with Crippen molar-refractivity contribution in [2.45, 2.75) is 0 Å². The largest absolute Gasteiger partial charge is 0.493 e. The predicted molar refractivity (Wildman–Crippen MR) is 137 cm³/mol. The van der Waals surface area contributed by atoms with Gasteiger partial charge in [-0.3, -0.25) is 0 Å². The molecular formula is C25H23N7O4. The lowest BCUT2D eigenvalue weighted by Crippen LogP contribution is -2.10. The first-order chi connectivity index (χ1) is 17.6. The molecule has 0 saturated carbocycles. The summed E-state index contributed by atoms with van der Waals surface area (Å²) >= 11 is 0. The highest BCUT2D eigenvalue weighted by Gasteiger charge is 2.09. The first-order valence-electron chi connectivity index (χ1n) is 10.8. The third-order valence-electron chi connectivity index (χ3n) is 4.61. The van der Waals surface area contributed by atoms with E-state index in [1.807, 2.05) is 60.7 Å². The van der Waals surface area contributed by atoms with Crippen molar-refractivity contribution in [3.8, 4) is 11.5 Å². The van der Waals surface area contributed by atoms with E-state index in [4.69, 9.17) is 14.6 Å². The van der Waals surface area contributed by atoms with Crippen molar-refractivity contribution in [2.75, 3.05) is 29.8 Å². The molecule has 0 unspecified atom stereocenters. The zero-order valence-corrected chi connectivity index (χ0v) is 19.3. The number of para-hydroxylation sites is 2. The van der Waals surface area contributed by atoms with Crippen LogP contribution in [0.1, 0.15) is 5.56 Å². The van der Waals surface area contributed by atoms with Crippen LogP contribution in [0.2, 0.25) is 0 Å². The van der Waals surface area contributed by atoms with Gasteiger partial charge in [-0.25, -0.2) is 10.2 Å². The number of nitrogens with one attached hydrogen (secondary N) is 3. The summed E-state index contributed by atoms with van der Waals surface area (Å²) in [5, 5.41) is 19.3. The van der Waals surface area contributed by atoms with Gasteiger partial charge in [-0.1, -0.05) is 36.4 Å². The van der Waals surface area contributed by atoms with Crippen molar-refractivity contribution in [1.82, 2.24) is 15.0 Å². The van der Waals surface area contributed by atoms with Gasteiger partial charge in [0.15, 0.2) is 18.1 Å². The number of anilines is 5. The second kappa shape index (κ2) is 11.8. The molecule has 0 atom stereocenters. The number of carboxylic acid groups (broad SMARTS) is 1. The van der Waals surface area contributed by atoms with E-state index in [2.05, 4.69) is 36.1 Å². The van der Waals surface area contributed by atoms with Crippen LogP contribution in [0.15, 0.2) is 84.0 Å². The van der Waals surface area contributed by atoms with Gasteiger partial charge in [0.1, 0.15) is 0 Å². The smallest absolute Gasteiger partial charge is 0.341 e. The Hall–Kier alpha value is -5.19. The third kappa shape index (κ3) is 6.90. The topological polar surface area (TPSA) is 143 Å². The number of aromatic nitrogens is 3. The first kappa shape index (κ1) is 24.0. The average Bonchev–Trinajstić information content (AvgIpc) is 2.89. The highest BCUT2D eigenvalue weighted by atomic mass is 16.5. The molecule has 4 rings (SSSR count). The van der Waals surface area contributed by atoms with Crippen LogP contribution in [0.3, 0.4) is 0 Å². The zero-order valence-electron chi connectivity index (χ0n) is 19.3. The van der Waals surface area contributed by atoms with Crippen molar-refractivity contribution in [3.05, 3.63) is 84.4 Å². The maximum absolute atomic E-state index is 10.7. The second-order valence-corrected chi connectivity index (χ2v) is 7.25. The zero-order chi connectivity index (χ0) is 25.2. The predicted octanol–water partition coefficient (Wildman–Crippen LogP) is 4.28. The SMILES string of the molecule is COc1cc(/C=N/Nc2nc(Nc3ccccc3)nc(Nc3ccccc3)n2)ccc1OCC(=O)O. The Labute approximate surface area is 206 Å². The lowest BCUT2D eigenvalue weighted by Gasteiger charge is -2.10. The summed E-state index contributed by atoms with van der Waals surface area (Å²) in [6.45, 7) is -0.469. The van der Waals surface area contributed by atoms with Crippen molar-refractivity contribution in [3.63, 3.8) is 0 Å². The number of hydrazone groups is 1. The van der Waals surface area contributed by atoms with E-state index in [-0.39, 0.29) is 5.95 Å². The van der Waals surface area contributed by atoms with Crippen LogP contribution in [0, 0.1) is 0 Å². The monoisotopic (exact) mass is 485 g/mol. The molecule has 182 valence electrons.